The van der Waals surface area contributed by atoms with E-state index in [9.17, 15) is 13.2 Å². The lowest BCUT2D eigenvalue weighted by Gasteiger charge is -2.14. The Kier molecular flexibility index (Phi) is 4.08. The predicted octanol–water partition coefficient (Wildman–Crippen LogP) is 1.24. The number of pyridine rings is 1. The molecule has 1 unspecified atom stereocenters. The number of aromatic nitrogens is 1. The molecular formula is C9H12F3N3O. The highest BCUT2D eigenvalue weighted by molar-refractivity contribution is 5.40. The minimum atomic E-state index is -4.35. The van der Waals surface area contributed by atoms with E-state index in [0.29, 0.717) is 5.56 Å². The fraction of sp³-hybridized carbons (Fsp3) is 0.444. The minimum absolute atomic E-state index is 0.200. The summed E-state index contributed by atoms with van der Waals surface area (Å²) in [4.78, 5) is 3.78. The fourth-order valence-electron chi connectivity index (χ4n) is 1.13. The van der Waals surface area contributed by atoms with Crippen LogP contribution in [0.4, 0.5) is 19.0 Å². The van der Waals surface area contributed by atoms with Gasteiger partial charge in [-0.15, -0.1) is 0 Å². The van der Waals surface area contributed by atoms with Crippen LogP contribution in [0.2, 0.25) is 0 Å². The van der Waals surface area contributed by atoms with Crippen LogP contribution in [0.5, 0.6) is 0 Å². The summed E-state index contributed by atoms with van der Waals surface area (Å²) in [5, 5.41) is 0. The van der Waals surface area contributed by atoms with Crippen LogP contribution in [-0.2, 0) is 4.74 Å². The zero-order valence-electron chi connectivity index (χ0n) is 8.37. The number of halogens is 3. The zero-order valence-corrected chi connectivity index (χ0v) is 8.37. The second kappa shape index (κ2) is 5.13. The van der Waals surface area contributed by atoms with Gasteiger partial charge in [0, 0.05) is 11.8 Å². The van der Waals surface area contributed by atoms with E-state index >= 15 is 0 Å². The molecule has 0 aromatic carbocycles. The van der Waals surface area contributed by atoms with Crippen molar-refractivity contribution in [1.29, 1.82) is 0 Å². The first-order chi connectivity index (χ1) is 7.40. The molecule has 1 aromatic heterocycles. The topological polar surface area (TPSA) is 74.2 Å². The Hall–Kier alpha value is -1.34. The molecule has 0 aliphatic carbocycles. The molecule has 1 atom stereocenters. The quantitative estimate of drug-likeness (QED) is 0.823. The predicted molar refractivity (Wildman–Crippen MR) is 52.5 cm³/mol. The molecule has 16 heavy (non-hydrogen) atoms. The number of nitrogen functional groups attached to an aromatic ring is 1. The summed E-state index contributed by atoms with van der Waals surface area (Å²) in [6, 6.07) is 2.50. The molecule has 0 radical (unpaired) electrons. The first-order valence-electron chi connectivity index (χ1n) is 4.50. The van der Waals surface area contributed by atoms with Crippen molar-refractivity contribution in [3.05, 3.63) is 23.9 Å². The van der Waals surface area contributed by atoms with E-state index in [0.717, 1.165) is 0 Å². The summed E-state index contributed by atoms with van der Waals surface area (Å²) in [7, 11) is 0. The standard InChI is InChI=1S/C9H12F3N3O/c10-9(11,12)5-16-4-7(13)6-2-1-3-15-8(6)14/h1-3,7H,4-5,13H2,(H2,14,15). The number of anilines is 1. The van der Waals surface area contributed by atoms with Crippen molar-refractivity contribution in [3.8, 4) is 0 Å². The highest BCUT2D eigenvalue weighted by Crippen LogP contribution is 2.18. The Morgan fingerprint density at radius 2 is 2.12 bits per heavy atom. The van der Waals surface area contributed by atoms with Gasteiger partial charge in [0.25, 0.3) is 0 Å². The lowest BCUT2D eigenvalue weighted by Crippen LogP contribution is -2.24. The average Bonchev–Trinajstić information content (AvgIpc) is 2.16. The van der Waals surface area contributed by atoms with Crippen LogP contribution < -0.4 is 11.5 Å². The van der Waals surface area contributed by atoms with Gasteiger partial charge >= 0.3 is 6.18 Å². The summed E-state index contributed by atoms with van der Waals surface area (Å²) >= 11 is 0. The number of hydrogen-bond donors (Lipinski definition) is 2. The Morgan fingerprint density at radius 3 is 2.69 bits per heavy atom. The number of rotatable bonds is 4. The molecule has 90 valence electrons. The van der Waals surface area contributed by atoms with E-state index in [1.54, 1.807) is 12.1 Å². The molecule has 1 heterocycles. The Balaban J connectivity index is 2.47. The Morgan fingerprint density at radius 1 is 1.44 bits per heavy atom. The van der Waals surface area contributed by atoms with E-state index in [1.165, 1.54) is 6.20 Å². The first-order valence-corrected chi connectivity index (χ1v) is 4.50. The van der Waals surface area contributed by atoms with Crippen molar-refractivity contribution in [1.82, 2.24) is 4.98 Å². The highest BCUT2D eigenvalue weighted by atomic mass is 19.4. The molecule has 0 spiro atoms. The molecule has 1 rings (SSSR count). The van der Waals surface area contributed by atoms with Crippen molar-refractivity contribution in [2.45, 2.75) is 12.2 Å². The number of ether oxygens (including phenoxy) is 1. The maximum atomic E-state index is 11.8. The van der Waals surface area contributed by atoms with Gasteiger partial charge in [-0.25, -0.2) is 4.98 Å². The van der Waals surface area contributed by atoms with Crippen LogP contribution in [0.15, 0.2) is 18.3 Å². The molecule has 4 N–H and O–H groups in total. The van der Waals surface area contributed by atoms with Gasteiger partial charge in [0.2, 0.25) is 0 Å². The number of hydrogen-bond acceptors (Lipinski definition) is 4. The van der Waals surface area contributed by atoms with Crippen LogP contribution in [0.1, 0.15) is 11.6 Å². The van der Waals surface area contributed by atoms with Crippen LogP contribution >= 0.6 is 0 Å². The largest absolute Gasteiger partial charge is 0.411 e. The molecule has 4 nitrogen and oxygen atoms in total. The molecule has 0 fully saturated rings. The maximum absolute atomic E-state index is 11.8. The molecule has 0 aliphatic heterocycles. The third-order valence-corrected chi connectivity index (χ3v) is 1.83. The van der Waals surface area contributed by atoms with Crippen molar-refractivity contribution < 1.29 is 17.9 Å². The monoisotopic (exact) mass is 235 g/mol. The first kappa shape index (κ1) is 12.7. The van der Waals surface area contributed by atoms with E-state index < -0.39 is 18.8 Å². The van der Waals surface area contributed by atoms with E-state index in [4.69, 9.17) is 11.5 Å². The average molecular weight is 235 g/mol. The summed E-state index contributed by atoms with van der Waals surface area (Å²) in [6.45, 7) is -1.57. The third-order valence-electron chi connectivity index (χ3n) is 1.83. The maximum Gasteiger partial charge on any atom is 0.411 e. The summed E-state index contributed by atoms with van der Waals surface area (Å²) in [6.07, 6.45) is -2.87. The zero-order chi connectivity index (χ0) is 12.2. The van der Waals surface area contributed by atoms with Crippen molar-refractivity contribution in [2.75, 3.05) is 18.9 Å². The van der Waals surface area contributed by atoms with E-state index in [1.807, 2.05) is 0 Å². The third kappa shape index (κ3) is 4.03. The van der Waals surface area contributed by atoms with Crippen molar-refractivity contribution in [2.24, 2.45) is 5.73 Å². The second-order valence-corrected chi connectivity index (χ2v) is 3.21. The molecule has 0 saturated carbocycles. The summed E-state index contributed by atoms with van der Waals surface area (Å²) < 4.78 is 39.8. The molecule has 0 bridgehead atoms. The number of nitrogens with two attached hydrogens (primary N) is 2. The minimum Gasteiger partial charge on any atom is -0.383 e. The normalized spacial score (nSPS) is 13.8. The van der Waals surface area contributed by atoms with Gasteiger partial charge in [0.05, 0.1) is 12.6 Å². The van der Waals surface area contributed by atoms with E-state index in [2.05, 4.69) is 9.72 Å². The van der Waals surface area contributed by atoms with Crippen molar-refractivity contribution in [3.63, 3.8) is 0 Å². The van der Waals surface area contributed by atoms with Crippen LogP contribution in [0.3, 0.4) is 0 Å². The van der Waals surface area contributed by atoms with Gasteiger partial charge in [0.1, 0.15) is 12.4 Å². The molecule has 0 saturated heterocycles. The second-order valence-electron chi connectivity index (χ2n) is 3.21. The van der Waals surface area contributed by atoms with Crippen LogP contribution in [0.25, 0.3) is 0 Å². The van der Waals surface area contributed by atoms with Gasteiger partial charge in [-0.2, -0.15) is 13.2 Å². The lowest BCUT2D eigenvalue weighted by molar-refractivity contribution is -0.174. The summed E-state index contributed by atoms with van der Waals surface area (Å²) in [5.41, 5.74) is 11.6. The summed E-state index contributed by atoms with van der Waals surface area (Å²) in [5.74, 6) is 0.200. The van der Waals surface area contributed by atoms with E-state index in [-0.39, 0.29) is 12.4 Å². The number of nitrogens with zero attached hydrogens (tertiary/aromatic N) is 1. The highest BCUT2D eigenvalue weighted by Gasteiger charge is 2.27. The molecule has 1 aromatic rings. The number of alkyl halides is 3. The van der Waals surface area contributed by atoms with Gasteiger partial charge < -0.3 is 16.2 Å². The van der Waals surface area contributed by atoms with Gasteiger partial charge in [-0.3, -0.25) is 0 Å². The van der Waals surface area contributed by atoms with Gasteiger partial charge in [0.15, 0.2) is 0 Å². The Bertz CT molecular complexity index is 343. The fourth-order valence-corrected chi connectivity index (χ4v) is 1.13. The molecule has 7 heteroatoms. The molecule has 0 aliphatic rings. The van der Waals surface area contributed by atoms with Crippen molar-refractivity contribution >= 4 is 5.82 Å². The van der Waals surface area contributed by atoms with Gasteiger partial charge in [-0.05, 0) is 6.07 Å². The SMILES string of the molecule is Nc1ncccc1C(N)COCC(F)(F)F. The molecule has 0 amide bonds. The lowest BCUT2D eigenvalue weighted by atomic mass is 10.1. The van der Waals surface area contributed by atoms with Crippen LogP contribution in [-0.4, -0.2) is 24.4 Å². The Labute approximate surface area is 90.4 Å². The van der Waals surface area contributed by atoms with Gasteiger partial charge in [-0.1, -0.05) is 6.07 Å². The smallest absolute Gasteiger partial charge is 0.383 e. The van der Waals surface area contributed by atoms with Crippen LogP contribution in [0, 0.1) is 0 Å². The molecular weight excluding hydrogens is 223 g/mol.